The molecule has 1 aliphatic carbocycles. The number of benzene rings is 1. The molecule has 1 aliphatic rings. The lowest BCUT2D eigenvalue weighted by molar-refractivity contribution is -0.163. The van der Waals surface area contributed by atoms with Gasteiger partial charge in [0.2, 0.25) is 0 Å². The van der Waals surface area contributed by atoms with Gasteiger partial charge in [0.15, 0.2) is 0 Å². The van der Waals surface area contributed by atoms with E-state index in [0.717, 1.165) is 9.13 Å². The summed E-state index contributed by atoms with van der Waals surface area (Å²) in [5.74, 6) is -2.24. The fourth-order valence-electron chi connectivity index (χ4n) is 3.23. The third-order valence-electron chi connectivity index (χ3n) is 4.59. The van der Waals surface area contributed by atoms with Crippen LogP contribution in [0.25, 0.3) is 0 Å². The molecule has 156 valence electrons. The first-order valence-electron chi connectivity index (χ1n) is 9.03. The van der Waals surface area contributed by atoms with Gasteiger partial charge in [-0.05, 0) is 79.8 Å². The van der Waals surface area contributed by atoms with Crippen LogP contribution in [0, 0.1) is 15.4 Å². The monoisotopic (exact) mass is 523 g/mol. The molecule has 1 aromatic carbocycles. The van der Waals surface area contributed by atoms with Crippen LogP contribution in [0.1, 0.15) is 45.1 Å². The summed E-state index contributed by atoms with van der Waals surface area (Å²) in [6.07, 6.45) is 1.93. The predicted molar refractivity (Wildman–Crippen MR) is 109 cm³/mol. The quantitative estimate of drug-likeness (QED) is 0.307. The normalized spacial score (nSPS) is 20.4. The van der Waals surface area contributed by atoms with Crippen molar-refractivity contribution < 1.29 is 32.0 Å². The molecule has 1 fully saturated rings. The Hall–Kier alpha value is -1.20. The van der Waals surface area contributed by atoms with Crippen LogP contribution >= 0.6 is 22.6 Å². The standard InChI is InChI=1S/C19H25IO7S/c1-19(2,12-28(23,24)25)27-18(22)15-7-5-14(6-8-15)17(21)26-11-13-3-9-16(20)10-4-13/h3-4,9-10,14-15H,5-8,11-12H2,1-2H3,(H,23,24,25)/p-1. The summed E-state index contributed by atoms with van der Waals surface area (Å²) in [5, 5.41) is 0. The second kappa shape index (κ2) is 9.53. The van der Waals surface area contributed by atoms with E-state index in [1.54, 1.807) is 0 Å². The van der Waals surface area contributed by atoms with Gasteiger partial charge in [0.25, 0.3) is 0 Å². The van der Waals surface area contributed by atoms with Crippen molar-refractivity contribution in [3.8, 4) is 0 Å². The van der Waals surface area contributed by atoms with E-state index in [1.807, 2.05) is 24.3 Å². The number of hydrogen-bond donors (Lipinski definition) is 0. The molecule has 0 saturated heterocycles. The number of rotatable bonds is 7. The Kier molecular flexibility index (Phi) is 7.86. The van der Waals surface area contributed by atoms with Crippen molar-refractivity contribution in [3.63, 3.8) is 0 Å². The smallest absolute Gasteiger partial charge is 0.309 e. The maximum atomic E-state index is 12.3. The minimum absolute atomic E-state index is 0.218. The van der Waals surface area contributed by atoms with E-state index in [2.05, 4.69) is 22.6 Å². The van der Waals surface area contributed by atoms with Gasteiger partial charge < -0.3 is 14.0 Å². The van der Waals surface area contributed by atoms with Gasteiger partial charge in [-0.2, -0.15) is 0 Å². The van der Waals surface area contributed by atoms with Crippen LogP contribution in [0.5, 0.6) is 0 Å². The summed E-state index contributed by atoms with van der Waals surface area (Å²) in [4.78, 5) is 24.5. The highest BCUT2D eigenvalue weighted by Crippen LogP contribution is 2.31. The fraction of sp³-hybridized carbons (Fsp3) is 0.579. The zero-order valence-corrected chi connectivity index (χ0v) is 18.8. The van der Waals surface area contributed by atoms with Crippen molar-refractivity contribution >= 4 is 44.6 Å². The number of carbonyl (C=O) groups is 2. The highest BCUT2D eigenvalue weighted by Gasteiger charge is 2.34. The van der Waals surface area contributed by atoms with Gasteiger partial charge in [-0.25, -0.2) is 8.42 Å². The molecule has 28 heavy (non-hydrogen) atoms. The second-order valence-corrected chi connectivity index (χ2v) is 10.3. The zero-order chi connectivity index (χ0) is 20.9. The Balaban J connectivity index is 1.79. The Bertz CT molecular complexity index is 794. The summed E-state index contributed by atoms with van der Waals surface area (Å²) in [6, 6.07) is 7.71. The van der Waals surface area contributed by atoms with Gasteiger partial charge in [0.05, 0.1) is 27.7 Å². The summed E-state index contributed by atoms with van der Waals surface area (Å²) < 4.78 is 44.4. The van der Waals surface area contributed by atoms with E-state index >= 15 is 0 Å². The van der Waals surface area contributed by atoms with E-state index < -0.39 is 33.4 Å². The molecule has 1 saturated carbocycles. The Labute approximate surface area is 179 Å². The zero-order valence-electron chi connectivity index (χ0n) is 15.9. The Morgan fingerprint density at radius 3 is 2.07 bits per heavy atom. The minimum atomic E-state index is -4.50. The number of esters is 2. The van der Waals surface area contributed by atoms with Crippen molar-refractivity contribution in [3.05, 3.63) is 33.4 Å². The van der Waals surface area contributed by atoms with E-state index in [1.165, 1.54) is 13.8 Å². The van der Waals surface area contributed by atoms with Crippen LogP contribution in [0.4, 0.5) is 0 Å². The first-order chi connectivity index (χ1) is 13.0. The van der Waals surface area contributed by atoms with Crippen molar-refractivity contribution in [2.45, 2.75) is 51.7 Å². The molecule has 0 aromatic heterocycles. The highest BCUT2D eigenvalue weighted by atomic mass is 127. The molecule has 0 heterocycles. The van der Waals surface area contributed by atoms with E-state index in [-0.39, 0.29) is 18.5 Å². The van der Waals surface area contributed by atoms with Crippen LogP contribution < -0.4 is 0 Å². The average molecular weight is 523 g/mol. The van der Waals surface area contributed by atoms with Crippen molar-refractivity contribution in [1.29, 1.82) is 0 Å². The number of hydrogen-bond acceptors (Lipinski definition) is 7. The van der Waals surface area contributed by atoms with Crippen LogP contribution in [-0.4, -0.2) is 36.3 Å². The molecular weight excluding hydrogens is 499 g/mol. The van der Waals surface area contributed by atoms with E-state index in [0.29, 0.717) is 25.7 Å². The molecule has 0 spiro atoms. The maximum Gasteiger partial charge on any atom is 0.309 e. The van der Waals surface area contributed by atoms with Crippen molar-refractivity contribution in [2.75, 3.05) is 5.75 Å². The van der Waals surface area contributed by atoms with Gasteiger partial charge in [-0.15, -0.1) is 0 Å². The summed E-state index contributed by atoms with van der Waals surface area (Å²) >= 11 is 2.20. The van der Waals surface area contributed by atoms with Crippen molar-refractivity contribution in [1.82, 2.24) is 0 Å². The van der Waals surface area contributed by atoms with E-state index in [4.69, 9.17) is 9.47 Å². The molecule has 2 rings (SSSR count). The maximum absolute atomic E-state index is 12.3. The lowest BCUT2D eigenvalue weighted by atomic mass is 9.82. The molecule has 0 N–H and O–H groups in total. The minimum Gasteiger partial charge on any atom is -0.748 e. The number of halogens is 1. The molecule has 7 nitrogen and oxygen atoms in total. The van der Waals surface area contributed by atoms with Gasteiger partial charge in [-0.1, -0.05) is 12.1 Å². The second-order valence-electron chi connectivity index (χ2n) is 7.67. The molecule has 0 amide bonds. The predicted octanol–water partition coefficient (Wildman–Crippen LogP) is 3.01. The topological polar surface area (TPSA) is 110 Å². The molecule has 0 aliphatic heterocycles. The lowest BCUT2D eigenvalue weighted by Crippen LogP contribution is -2.39. The Morgan fingerprint density at radius 1 is 1.07 bits per heavy atom. The van der Waals surface area contributed by atoms with E-state index in [9.17, 15) is 22.6 Å². The van der Waals surface area contributed by atoms with Crippen LogP contribution in [0.3, 0.4) is 0 Å². The SMILES string of the molecule is CC(C)(CS(=O)(=O)[O-])OC(=O)C1CCC(C(=O)OCc2ccc(I)cc2)CC1. The first-order valence-corrected chi connectivity index (χ1v) is 11.7. The molecule has 1 aromatic rings. The van der Waals surface area contributed by atoms with Gasteiger partial charge >= 0.3 is 11.9 Å². The summed E-state index contributed by atoms with van der Waals surface area (Å²) in [6.45, 7) is 3.01. The molecule has 0 radical (unpaired) electrons. The summed E-state index contributed by atoms with van der Waals surface area (Å²) in [5.41, 5.74) is -0.456. The van der Waals surface area contributed by atoms with Gasteiger partial charge in [0.1, 0.15) is 12.2 Å². The molecular formula is C19H24IO7S-. The van der Waals surface area contributed by atoms with Crippen LogP contribution in [-0.2, 0) is 35.8 Å². The lowest BCUT2D eigenvalue weighted by Gasteiger charge is -2.31. The molecule has 0 bridgehead atoms. The van der Waals surface area contributed by atoms with Crippen LogP contribution in [0.2, 0.25) is 0 Å². The van der Waals surface area contributed by atoms with Crippen LogP contribution in [0.15, 0.2) is 24.3 Å². The molecule has 9 heteroatoms. The third-order valence-corrected chi connectivity index (χ3v) is 6.36. The molecule has 0 unspecified atom stereocenters. The largest absolute Gasteiger partial charge is 0.748 e. The number of ether oxygens (including phenoxy) is 2. The van der Waals surface area contributed by atoms with Gasteiger partial charge in [0, 0.05) is 3.57 Å². The fourth-order valence-corrected chi connectivity index (χ4v) is 4.50. The average Bonchev–Trinajstić information content (AvgIpc) is 2.58. The van der Waals surface area contributed by atoms with Gasteiger partial charge in [-0.3, -0.25) is 9.59 Å². The number of carbonyl (C=O) groups excluding carboxylic acids is 2. The van der Waals surface area contributed by atoms with Crippen molar-refractivity contribution in [2.24, 2.45) is 11.8 Å². The summed E-state index contributed by atoms with van der Waals surface area (Å²) in [7, 11) is -4.50. The Morgan fingerprint density at radius 2 is 1.57 bits per heavy atom. The highest BCUT2D eigenvalue weighted by molar-refractivity contribution is 14.1. The first kappa shape index (κ1) is 23.1. The molecule has 0 atom stereocenters. The third kappa shape index (κ3) is 7.67.